The molecule has 0 fully saturated rings. The van der Waals surface area contributed by atoms with Gasteiger partial charge in [0, 0.05) is 18.5 Å². The SMILES string of the molecule is COc1ncccc1C#CCCCl. The first kappa shape index (κ1) is 9.88. The van der Waals surface area contributed by atoms with E-state index in [1.807, 2.05) is 12.1 Å². The first-order valence-corrected chi connectivity index (χ1v) is 4.45. The Balaban J connectivity index is 2.82. The lowest BCUT2D eigenvalue weighted by molar-refractivity contribution is 0.396. The number of ether oxygens (including phenoxy) is 1. The van der Waals surface area contributed by atoms with Crippen molar-refractivity contribution in [2.75, 3.05) is 13.0 Å². The first-order chi connectivity index (χ1) is 6.38. The Labute approximate surface area is 82.9 Å². The van der Waals surface area contributed by atoms with Crippen LogP contribution in [0, 0.1) is 11.8 Å². The lowest BCUT2D eigenvalue weighted by atomic mass is 10.2. The fraction of sp³-hybridized carbons (Fsp3) is 0.300. The first-order valence-electron chi connectivity index (χ1n) is 3.92. The normalized spacial score (nSPS) is 8.77. The van der Waals surface area contributed by atoms with Crippen molar-refractivity contribution in [2.24, 2.45) is 0 Å². The average molecular weight is 196 g/mol. The summed E-state index contributed by atoms with van der Waals surface area (Å²) in [4.78, 5) is 4.02. The van der Waals surface area contributed by atoms with Gasteiger partial charge in [-0.3, -0.25) is 0 Å². The van der Waals surface area contributed by atoms with Crippen molar-refractivity contribution in [1.29, 1.82) is 0 Å². The van der Waals surface area contributed by atoms with Crippen LogP contribution in [0.15, 0.2) is 18.3 Å². The van der Waals surface area contributed by atoms with Crippen molar-refractivity contribution in [1.82, 2.24) is 4.98 Å². The zero-order valence-corrected chi connectivity index (χ0v) is 8.14. The standard InChI is InChI=1S/C10H10ClNO/c1-13-10-9(5-2-3-7-11)6-4-8-12-10/h4,6,8H,3,7H2,1H3. The summed E-state index contributed by atoms with van der Waals surface area (Å²) in [6, 6.07) is 3.69. The second kappa shape index (κ2) is 5.45. The molecule has 0 atom stereocenters. The van der Waals surface area contributed by atoms with Gasteiger partial charge in [-0.25, -0.2) is 4.98 Å². The smallest absolute Gasteiger partial charge is 0.229 e. The van der Waals surface area contributed by atoms with Crippen molar-refractivity contribution < 1.29 is 4.74 Å². The van der Waals surface area contributed by atoms with E-state index in [2.05, 4.69) is 16.8 Å². The molecular formula is C10H10ClNO. The molecule has 68 valence electrons. The summed E-state index contributed by atoms with van der Waals surface area (Å²) in [5.74, 6) is 6.98. The summed E-state index contributed by atoms with van der Waals surface area (Å²) in [5, 5.41) is 0. The number of methoxy groups -OCH3 is 1. The quantitative estimate of drug-likeness (QED) is 0.533. The van der Waals surface area contributed by atoms with Gasteiger partial charge in [0.2, 0.25) is 5.88 Å². The largest absolute Gasteiger partial charge is 0.480 e. The van der Waals surface area contributed by atoms with E-state index in [-0.39, 0.29) is 0 Å². The van der Waals surface area contributed by atoms with E-state index in [0.717, 1.165) is 5.56 Å². The number of alkyl halides is 1. The van der Waals surface area contributed by atoms with Gasteiger partial charge in [-0.1, -0.05) is 11.8 Å². The number of hydrogen-bond donors (Lipinski definition) is 0. The van der Waals surface area contributed by atoms with Crippen LogP contribution in [0.3, 0.4) is 0 Å². The van der Waals surface area contributed by atoms with Crippen LogP contribution in [0.4, 0.5) is 0 Å². The van der Waals surface area contributed by atoms with Crippen LogP contribution in [0.5, 0.6) is 5.88 Å². The number of rotatable bonds is 2. The maximum absolute atomic E-state index is 5.49. The van der Waals surface area contributed by atoms with E-state index in [9.17, 15) is 0 Å². The molecule has 0 unspecified atom stereocenters. The van der Waals surface area contributed by atoms with Gasteiger partial charge in [-0.05, 0) is 12.1 Å². The molecule has 0 aliphatic carbocycles. The zero-order valence-electron chi connectivity index (χ0n) is 7.38. The Kier molecular flexibility index (Phi) is 4.14. The van der Waals surface area contributed by atoms with Gasteiger partial charge in [0.05, 0.1) is 12.7 Å². The maximum atomic E-state index is 5.49. The molecule has 0 aromatic carbocycles. The molecule has 3 heteroatoms. The van der Waals surface area contributed by atoms with Crippen molar-refractivity contribution in [3.8, 4) is 17.7 Å². The minimum absolute atomic E-state index is 0.551. The third kappa shape index (κ3) is 2.96. The van der Waals surface area contributed by atoms with Crippen molar-refractivity contribution in [3.05, 3.63) is 23.9 Å². The van der Waals surface area contributed by atoms with Gasteiger partial charge in [0.15, 0.2) is 0 Å². The van der Waals surface area contributed by atoms with Gasteiger partial charge in [0.25, 0.3) is 0 Å². The lowest BCUT2D eigenvalue weighted by Crippen LogP contribution is -1.90. The minimum Gasteiger partial charge on any atom is -0.480 e. The molecule has 1 aromatic heterocycles. The van der Waals surface area contributed by atoms with E-state index in [4.69, 9.17) is 16.3 Å². The summed E-state index contributed by atoms with van der Waals surface area (Å²) in [7, 11) is 1.58. The molecule has 1 rings (SSSR count). The van der Waals surface area contributed by atoms with Gasteiger partial charge in [0.1, 0.15) is 0 Å². The lowest BCUT2D eigenvalue weighted by Gasteiger charge is -1.99. The number of aromatic nitrogens is 1. The van der Waals surface area contributed by atoms with Crippen molar-refractivity contribution in [2.45, 2.75) is 6.42 Å². The molecule has 13 heavy (non-hydrogen) atoms. The van der Waals surface area contributed by atoms with Gasteiger partial charge in [-0.15, -0.1) is 11.6 Å². The van der Waals surface area contributed by atoms with E-state index in [0.29, 0.717) is 18.2 Å². The second-order valence-electron chi connectivity index (χ2n) is 2.30. The molecule has 0 aliphatic heterocycles. The number of hydrogen-bond acceptors (Lipinski definition) is 2. The fourth-order valence-corrected chi connectivity index (χ4v) is 0.948. The fourth-order valence-electron chi connectivity index (χ4n) is 0.854. The summed E-state index contributed by atoms with van der Waals surface area (Å²) in [5.41, 5.74) is 0.801. The highest BCUT2D eigenvalue weighted by Gasteiger charge is 1.97. The summed E-state index contributed by atoms with van der Waals surface area (Å²) >= 11 is 5.49. The third-order valence-electron chi connectivity index (χ3n) is 1.41. The van der Waals surface area contributed by atoms with E-state index in [1.165, 1.54) is 0 Å². The number of halogens is 1. The predicted octanol–water partition coefficient (Wildman–Crippen LogP) is 2.07. The van der Waals surface area contributed by atoms with Gasteiger partial charge in [-0.2, -0.15) is 0 Å². The molecule has 0 aliphatic rings. The van der Waals surface area contributed by atoms with Crippen LogP contribution < -0.4 is 4.74 Å². The second-order valence-corrected chi connectivity index (χ2v) is 2.68. The van der Waals surface area contributed by atoms with E-state index < -0.39 is 0 Å². The van der Waals surface area contributed by atoms with Crippen LogP contribution in [-0.2, 0) is 0 Å². The summed E-state index contributed by atoms with van der Waals surface area (Å²) in [6.07, 6.45) is 2.35. The van der Waals surface area contributed by atoms with Gasteiger partial charge >= 0.3 is 0 Å². The average Bonchev–Trinajstić information content (AvgIpc) is 2.19. The number of pyridine rings is 1. The predicted molar refractivity (Wildman–Crippen MR) is 53.0 cm³/mol. The highest BCUT2D eigenvalue weighted by Crippen LogP contribution is 2.11. The molecular weight excluding hydrogens is 186 g/mol. The van der Waals surface area contributed by atoms with E-state index in [1.54, 1.807) is 13.3 Å². The summed E-state index contributed by atoms with van der Waals surface area (Å²) in [6.45, 7) is 0. The van der Waals surface area contributed by atoms with Crippen molar-refractivity contribution in [3.63, 3.8) is 0 Å². The molecule has 0 spiro atoms. The van der Waals surface area contributed by atoms with Crippen LogP contribution in [0.25, 0.3) is 0 Å². The molecule has 0 bridgehead atoms. The molecule has 0 saturated carbocycles. The molecule has 0 radical (unpaired) electrons. The Hall–Kier alpha value is -1.20. The monoisotopic (exact) mass is 195 g/mol. The maximum Gasteiger partial charge on any atom is 0.229 e. The van der Waals surface area contributed by atoms with Crippen LogP contribution in [-0.4, -0.2) is 18.0 Å². The minimum atomic E-state index is 0.551. The Bertz CT molecular complexity index is 327. The van der Waals surface area contributed by atoms with Crippen LogP contribution in [0.1, 0.15) is 12.0 Å². The molecule has 1 heterocycles. The molecule has 2 nitrogen and oxygen atoms in total. The van der Waals surface area contributed by atoms with Crippen LogP contribution in [0.2, 0.25) is 0 Å². The number of nitrogens with zero attached hydrogens (tertiary/aromatic N) is 1. The molecule has 0 saturated heterocycles. The third-order valence-corrected chi connectivity index (χ3v) is 1.60. The molecule has 0 amide bonds. The topological polar surface area (TPSA) is 22.1 Å². The van der Waals surface area contributed by atoms with Crippen molar-refractivity contribution >= 4 is 11.6 Å². The Morgan fingerprint density at radius 3 is 3.15 bits per heavy atom. The molecule has 1 aromatic rings. The Morgan fingerprint density at radius 2 is 2.46 bits per heavy atom. The van der Waals surface area contributed by atoms with Crippen LogP contribution >= 0.6 is 11.6 Å². The highest BCUT2D eigenvalue weighted by atomic mass is 35.5. The van der Waals surface area contributed by atoms with E-state index >= 15 is 0 Å². The molecule has 0 N–H and O–H groups in total. The highest BCUT2D eigenvalue weighted by molar-refractivity contribution is 6.18. The summed E-state index contributed by atoms with van der Waals surface area (Å²) < 4.78 is 5.03. The zero-order chi connectivity index (χ0) is 9.52. The van der Waals surface area contributed by atoms with Gasteiger partial charge < -0.3 is 4.74 Å². The Morgan fingerprint density at radius 1 is 1.62 bits per heavy atom.